The van der Waals surface area contributed by atoms with Gasteiger partial charge in [0, 0.05) is 13.5 Å². The molecule has 0 bridgehead atoms. The van der Waals surface area contributed by atoms with E-state index in [0.29, 0.717) is 30.4 Å². The van der Waals surface area contributed by atoms with Crippen molar-refractivity contribution in [1.29, 1.82) is 0 Å². The molecule has 0 radical (unpaired) electrons. The Labute approximate surface area is 147 Å². The quantitative estimate of drug-likeness (QED) is 0.523. The van der Waals surface area contributed by atoms with Gasteiger partial charge in [-0.05, 0) is 24.5 Å². The smallest absolute Gasteiger partial charge is 0.302 e. The summed E-state index contributed by atoms with van der Waals surface area (Å²) in [4.78, 5) is 24.0. The van der Waals surface area contributed by atoms with E-state index in [1.54, 1.807) is 0 Å². The number of rotatable bonds is 7. The van der Waals surface area contributed by atoms with Crippen molar-refractivity contribution in [3.8, 4) is 11.4 Å². The Balaban J connectivity index is 2.01. The molecule has 8 nitrogen and oxygen atoms in total. The number of hydrogen-bond acceptors (Lipinski definition) is 5. The number of aliphatic imine (C=N–C) groups is 1. The molecule has 134 valence electrons. The van der Waals surface area contributed by atoms with Crippen LogP contribution in [0, 0.1) is 5.92 Å². The van der Waals surface area contributed by atoms with E-state index >= 15 is 0 Å². The lowest BCUT2D eigenvalue weighted by Crippen LogP contribution is -2.23. The molecule has 1 amide bonds. The maximum atomic E-state index is 11.0. The van der Waals surface area contributed by atoms with Crippen LogP contribution >= 0.6 is 0 Å². The normalized spacial score (nSPS) is 11.6. The van der Waals surface area contributed by atoms with Gasteiger partial charge in [-0.25, -0.2) is 4.98 Å². The molecular weight excluding hydrogens is 320 g/mol. The zero-order valence-corrected chi connectivity index (χ0v) is 14.7. The molecule has 0 atom stereocenters. The summed E-state index contributed by atoms with van der Waals surface area (Å²) < 4.78 is 5.36. The molecule has 0 fully saturated rings. The van der Waals surface area contributed by atoms with Crippen molar-refractivity contribution in [1.82, 2.24) is 15.3 Å². The fraction of sp³-hybridized carbons (Fsp3) is 0.412. The molecule has 0 aromatic carbocycles. The van der Waals surface area contributed by atoms with Crippen molar-refractivity contribution in [2.45, 2.75) is 33.7 Å². The van der Waals surface area contributed by atoms with Gasteiger partial charge in [-0.3, -0.25) is 15.1 Å². The van der Waals surface area contributed by atoms with Crippen LogP contribution in [0.4, 0.5) is 6.01 Å². The van der Waals surface area contributed by atoms with Gasteiger partial charge < -0.3 is 15.5 Å². The van der Waals surface area contributed by atoms with Crippen molar-refractivity contribution in [2.75, 3.05) is 11.9 Å². The highest BCUT2D eigenvalue weighted by molar-refractivity contribution is 5.90. The molecule has 0 unspecified atom stereocenters. The Morgan fingerprint density at radius 2 is 2.12 bits per heavy atom. The fourth-order valence-electron chi connectivity index (χ4n) is 1.98. The number of oxazole rings is 1. The Kier molecular flexibility index (Phi) is 6.50. The molecule has 0 spiro atoms. The predicted molar refractivity (Wildman–Crippen MR) is 96.8 cm³/mol. The Hall–Kier alpha value is -2.90. The second-order valence-corrected chi connectivity index (χ2v) is 6.04. The van der Waals surface area contributed by atoms with Crippen LogP contribution in [0.2, 0.25) is 0 Å². The average molecular weight is 344 g/mol. The van der Waals surface area contributed by atoms with Crippen LogP contribution in [0.15, 0.2) is 33.9 Å². The summed E-state index contributed by atoms with van der Waals surface area (Å²) in [7, 11) is 0. The number of aromatic nitrogens is 2. The topological polar surface area (TPSA) is 118 Å². The van der Waals surface area contributed by atoms with Gasteiger partial charge in [0.1, 0.15) is 12.0 Å². The lowest BCUT2D eigenvalue weighted by molar-refractivity contribution is -0.119. The van der Waals surface area contributed by atoms with Crippen LogP contribution in [0.25, 0.3) is 11.4 Å². The first-order chi connectivity index (χ1) is 11.9. The standard InChI is InChI=1S/C17H24N6O2/c1-11(2)7-8-19-16(18)23-17-22-15(10-25-17)14-6-4-5-13(21-14)9-20-12(3)24/h4-6,10-11H,7-9H2,1-3H3,(H,20,24)(H3,18,19,22,23). The van der Waals surface area contributed by atoms with Crippen LogP contribution in [0.5, 0.6) is 0 Å². The minimum atomic E-state index is -0.104. The zero-order chi connectivity index (χ0) is 18.2. The van der Waals surface area contributed by atoms with Crippen molar-refractivity contribution in [2.24, 2.45) is 16.6 Å². The number of nitrogens with two attached hydrogens (primary N) is 1. The lowest BCUT2D eigenvalue weighted by atomic mass is 10.1. The molecule has 2 aromatic rings. The fourth-order valence-corrected chi connectivity index (χ4v) is 1.98. The second kappa shape index (κ2) is 8.81. The molecule has 8 heteroatoms. The Morgan fingerprint density at radius 3 is 2.84 bits per heavy atom. The maximum Gasteiger partial charge on any atom is 0.302 e. The van der Waals surface area contributed by atoms with Gasteiger partial charge in [0.25, 0.3) is 0 Å². The van der Waals surface area contributed by atoms with Crippen molar-refractivity contribution >= 4 is 17.9 Å². The second-order valence-electron chi connectivity index (χ2n) is 6.04. The first-order valence-corrected chi connectivity index (χ1v) is 8.17. The minimum absolute atomic E-state index is 0.104. The van der Waals surface area contributed by atoms with E-state index in [1.807, 2.05) is 18.2 Å². The summed E-state index contributed by atoms with van der Waals surface area (Å²) in [6.45, 7) is 6.74. The molecule has 2 rings (SSSR count). The summed E-state index contributed by atoms with van der Waals surface area (Å²) in [6.07, 6.45) is 2.46. The highest BCUT2D eigenvalue weighted by Crippen LogP contribution is 2.19. The number of carbonyl (C=O) groups is 1. The van der Waals surface area contributed by atoms with Crippen molar-refractivity contribution in [3.63, 3.8) is 0 Å². The number of nitrogens with zero attached hydrogens (tertiary/aromatic N) is 3. The van der Waals surface area contributed by atoms with Crippen molar-refractivity contribution in [3.05, 3.63) is 30.2 Å². The molecule has 4 N–H and O–H groups in total. The number of pyridine rings is 1. The van der Waals surface area contributed by atoms with Crippen LogP contribution in [-0.2, 0) is 11.3 Å². The number of guanidine groups is 1. The maximum absolute atomic E-state index is 11.0. The molecular formula is C17H24N6O2. The van der Waals surface area contributed by atoms with E-state index in [2.05, 4.69) is 39.4 Å². The summed E-state index contributed by atoms with van der Waals surface area (Å²) in [6, 6.07) is 5.76. The lowest BCUT2D eigenvalue weighted by Gasteiger charge is -2.03. The van der Waals surface area contributed by atoms with Gasteiger partial charge in [0.05, 0.1) is 17.9 Å². The summed E-state index contributed by atoms with van der Waals surface area (Å²) >= 11 is 0. The number of hydrogen-bond donors (Lipinski definition) is 3. The predicted octanol–water partition coefficient (Wildman–Crippen LogP) is 2.15. The number of anilines is 1. The van der Waals surface area contributed by atoms with Crippen molar-refractivity contribution < 1.29 is 9.21 Å². The zero-order valence-electron chi connectivity index (χ0n) is 14.7. The van der Waals surface area contributed by atoms with Crippen LogP contribution in [0.3, 0.4) is 0 Å². The van der Waals surface area contributed by atoms with Gasteiger partial charge in [0.15, 0.2) is 5.96 Å². The summed E-state index contributed by atoms with van der Waals surface area (Å²) in [5.41, 5.74) is 7.77. The van der Waals surface area contributed by atoms with E-state index in [-0.39, 0.29) is 17.9 Å². The van der Waals surface area contributed by atoms with E-state index in [0.717, 1.165) is 12.1 Å². The molecule has 0 saturated heterocycles. The van der Waals surface area contributed by atoms with Gasteiger partial charge >= 0.3 is 6.01 Å². The van der Waals surface area contributed by atoms with Gasteiger partial charge in [-0.1, -0.05) is 19.9 Å². The van der Waals surface area contributed by atoms with Gasteiger partial charge in [-0.2, -0.15) is 4.98 Å². The first-order valence-electron chi connectivity index (χ1n) is 8.17. The number of amides is 1. The SMILES string of the molecule is CC(=O)NCc1cccc(-c2coc(NC(N)=NCCC(C)C)n2)n1. The van der Waals surface area contributed by atoms with Crippen LogP contribution in [0.1, 0.15) is 32.9 Å². The number of nitrogens with one attached hydrogen (secondary N) is 2. The molecule has 0 aliphatic carbocycles. The van der Waals surface area contributed by atoms with E-state index in [9.17, 15) is 4.79 Å². The van der Waals surface area contributed by atoms with Crippen LogP contribution < -0.4 is 16.4 Å². The number of carbonyl (C=O) groups excluding carboxylic acids is 1. The van der Waals surface area contributed by atoms with E-state index < -0.39 is 0 Å². The Bertz CT molecular complexity index is 738. The third kappa shape index (κ3) is 6.25. The Morgan fingerprint density at radius 1 is 1.32 bits per heavy atom. The third-order valence-electron chi connectivity index (χ3n) is 3.32. The van der Waals surface area contributed by atoms with Gasteiger partial charge in [0.2, 0.25) is 5.91 Å². The summed E-state index contributed by atoms with van der Waals surface area (Å²) in [5, 5.41) is 5.53. The van der Waals surface area contributed by atoms with E-state index in [4.69, 9.17) is 10.2 Å². The summed E-state index contributed by atoms with van der Waals surface area (Å²) in [5.74, 6) is 0.731. The largest absolute Gasteiger partial charge is 0.431 e. The highest BCUT2D eigenvalue weighted by atomic mass is 16.4. The molecule has 0 aliphatic rings. The van der Waals surface area contributed by atoms with E-state index in [1.165, 1.54) is 13.2 Å². The molecule has 0 saturated carbocycles. The molecule has 0 aliphatic heterocycles. The molecule has 25 heavy (non-hydrogen) atoms. The van der Waals surface area contributed by atoms with Crippen LogP contribution in [-0.4, -0.2) is 28.4 Å². The first kappa shape index (κ1) is 18.4. The average Bonchev–Trinajstić information content (AvgIpc) is 3.01. The molecule has 2 heterocycles. The van der Waals surface area contributed by atoms with Gasteiger partial charge in [-0.15, -0.1) is 0 Å². The monoisotopic (exact) mass is 344 g/mol. The minimum Gasteiger partial charge on any atom is -0.431 e. The highest BCUT2D eigenvalue weighted by Gasteiger charge is 2.09. The third-order valence-corrected chi connectivity index (χ3v) is 3.32. The molecule has 2 aromatic heterocycles.